The molecule has 0 amide bonds. The van der Waals surface area contributed by atoms with Crippen molar-refractivity contribution in [2.45, 2.75) is 19.3 Å². The van der Waals surface area contributed by atoms with Gasteiger partial charge >= 0.3 is 11.9 Å². The van der Waals surface area contributed by atoms with Crippen LogP contribution in [-0.2, 0) is 15.0 Å². The molecule has 0 aromatic heterocycles. The van der Waals surface area contributed by atoms with Gasteiger partial charge < -0.3 is 10.2 Å². The summed E-state index contributed by atoms with van der Waals surface area (Å²) >= 11 is 0. The van der Waals surface area contributed by atoms with E-state index in [-0.39, 0.29) is 5.56 Å². The van der Waals surface area contributed by atoms with Crippen molar-refractivity contribution in [3.8, 4) is 0 Å². The second kappa shape index (κ2) is 3.73. The van der Waals surface area contributed by atoms with E-state index in [4.69, 9.17) is 10.2 Å². The Hall–Kier alpha value is -1.84. The van der Waals surface area contributed by atoms with E-state index < -0.39 is 17.4 Å². The summed E-state index contributed by atoms with van der Waals surface area (Å²) in [5.74, 6) is -2.72. The van der Waals surface area contributed by atoms with Gasteiger partial charge in [-0.15, -0.1) is 0 Å². The molecule has 0 fully saturated rings. The number of benzene rings is 1. The van der Waals surface area contributed by atoms with Crippen molar-refractivity contribution < 1.29 is 19.8 Å². The Bertz CT molecular complexity index is 378. The summed E-state index contributed by atoms with van der Waals surface area (Å²) in [6.07, 6.45) is 0. The highest BCUT2D eigenvalue weighted by molar-refractivity contribution is 6.04. The lowest BCUT2D eigenvalue weighted by atomic mass is 9.82. The second-order valence-corrected chi connectivity index (χ2v) is 3.60. The molecule has 0 aliphatic rings. The number of hydrogen-bond donors (Lipinski definition) is 2. The Morgan fingerprint density at radius 1 is 1.07 bits per heavy atom. The predicted molar refractivity (Wildman–Crippen MR) is 53.8 cm³/mol. The fourth-order valence-electron chi connectivity index (χ4n) is 1.23. The van der Waals surface area contributed by atoms with Crippen LogP contribution in [0.2, 0.25) is 0 Å². The Morgan fingerprint density at radius 2 is 1.47 bits per heavy atom. The monoisotopic (exact) mass is 208 g/mol. The molecule has 1 aromatic carbocycles. The van der Waals surface area contributed by atoms with Crippen LogP contribution < -0.4 is 0 Å². The van der Waals surface area contributed by atoms with Gasteiger partial charge in [-0.1, -0.05) is 29.8 Å². The molecule has 0 saturated heterocycles. The zero-order valence-corrected chi connectivity index (χ0v) is 8.52. The Morgan fingerprint density at radius 3 is 1.80 bits per heavy atom. The number of aryl methyl sites for hydroxylation is 1. The highest BCUT2D eigenvalue weighted by Crippen LogP contribution is 2.24. The number of carboxylic acid groups (broad SMARTS) is 2. The summed E-state index contributed by atoms with van der Waals surface area (Å²) in [6, 6.07) is 6.44. The van der Waals surface area contributed by atoms with Crippen molar-refractivity contribution in [2.75, 3.05) is 0 Å². The SMILES string of the molecule is Cc1ccc(C(C)(C(=O)O)C(=O)O)cc1. The molecular weight excluding hydrogens is 196 g/mol. The van der Waals surface area contributed by atoms with Gasteiger partial charge in [0.25, 0.3) is 0 Å². The summed E-state index contributed by atoms with van der Waals surface area (Å²) in [4.78, 5) is 21.9. The lowest BCUT2D eigenvalue weighted by Gasteiger charge is -2.20. The van der Waals surface area contributed by atoms with Crippen molar-refractivity contribution in [2.24, 2.45) is 0 Å². The molecule has 2 N–H and O–H groups in total. The van der Waals surface area contributed by atoms with Crippen LogP contribution in [0.1, 0.15) is 18.1 Å². The van der Waals surface area contributed by atoms with Crippen LogP contribution in [0.5, 0.6) is 0 Å². The maximum atomic E-state index is 11.0. The molecule has 0 atom stereocenters. The quantitative estimate of drug-likeness (QED) is 0.737. The highest BCUT2D eigenvalue weighted by Gasteiger charge is 2.43. The Kier molecular flexibility index (Phi) is 2.79. The average Bonchev–Trinajstić information content (AvgIpc) is 2.17. The highest BCUT2D eigenvalue weighted by atomic mass is 16.4. The van der Waals surface area contributed by atoms with E-state index in [1.807, 2.05) is 6.92 Å². The standard InChI is InChI=1S/C11H12O4/c1-7-3-5-8(6-4-7)11(2,9(12)13)10(14)15/h3-6H,1-2H3,(H,12,13)(H,14,15). The minimum absolute atomic E-state index is 0.271. The topological polar surface area (TPSA) is 74.6 Å². The molecule has 0 unspecified atom stereocenters. The summed E-state index contributed by atoms with van der Waals surface area (Å²) in [7, 11) is 0. The number of aliphatic carboxylic acids is 2. The van der Waals surface area contributed by atoms with Crippen LogP contribution in [0.3, 0.4) is 0 Å². The summed E-state index contributed by atoms with van der Waals surface area (Å²) < 4.78 is 0. The average molecular weight is 208 g/mol. The predicted octanol–water partition coefficient (Wildman–Crippen LogP) is 1.42. The molecule has 0 saturated carbocycles. The van der Waals surface area contributed by atoms with Crippen LogP contribution in [0.25, 0.3) is 0 Å². The summed E-state index contributed by atoms with van der Waals surface area (Å²) in [6.45, 7) is 3.03. The van der Waals surface area contributed by atoms with Crippen molar-refractivity contribution in [1.29, 1.82) is 0 Å². The second-order valence-electron chi connectivity index (χ2n) is 3.60. The minimum Gasteiger partial charge on any atom is -0.480 e. The van der Waals surface area contributed by atoms with Gasteiger partial charge in [0.2, 0.25) is 0 Å². The molecule has 15 heavy (non-hydrogen) atoms. The molecule has 0 aliphatic heterocycles. The molecule has 0 aliphatic carbocycles. The van der Waals surface area contributed by atoms with E-state index in [1.165, 1.54) is 19.1 Å². The zero-order chi connectivity index (χ0) is 11.6. The zero-order valence-electron chi connectivity index (χ0n) is 8.52. The Labute approximate surface area is 87.2 Å². The lowest BCUT2D eigenvalue weighted by molar-refractivity contribution is -0.156. The van der Waals surface area contributed by atoms with Gasteiger partial charge in [-0.05, 0) is 19.4 Å². The van der Waals surface area contributed by atoms with E-state index in [0.717, 1.165) is 5.56 Å². The first-order valence-electron chi connectivity index (χ1n) is 4.43. The minimum atomic E-state index is -1.88. The third-order valence-corrected chi connectivity index (χ3v) is 2.48. The van der Waals surface area contributed by atoms with Gasteiger partial charge in [-0.3, -0.25) is 9.59 Å². The third-order valence-electron chi connectivity index (χ3n) is 2.48. The number of carbonyl (C=O) groups is 2. The van der Waals surface area contributed by atoms with E-state index in [9.17, 15) is 9.59 Å². The van der Waals surface area contributed by atoms with Crippen LogP contribution in [0.4, 0.5) is 0 Å². The van der Waals surface area contributed by atoms with Crippen molar-refractivity contribution in [1.82, 2.24) is 0 Å². The molecule has 1 rings (SSSR count). The van der Waals surface area contributed by atoms with Gasteiger partial charge in [0.05, 0.1) is 0 Å². The number of rotatable bonds is 3. The summed E-state index contributed by atoms with van der Waals surface area (Å²) in [5.41, 5.74) is -0.654. The number of hydrogen-bond acceptors (Lipinski definition) is 2. The smallest absolute Gasteiger partial charge is 0.325 e. The van der Waals surface area contributed by atoms with Crippen LogP contribution >= 0.6 is 0 Å². The fraction of sp³-hybridized carbons (Fsp3) is 0.273. The molecule has 4 nitrogen and oxygen atoms in total. The van der Waals surface area contributed by atoms with Crippen molar-refractivity contribution >= 4 is 11.9 Å². The first-order chi connectivity index (χ1) is 6.89. The van der Waals surface area contributed by atoms with E-state index in [1.54, 1.807) is 12.1 Å². The molecule has 0 bridgehead atoms. The van der Waals surface area contributed by atoms with Crippen molar-refractivity contribution in [3.63, 3.8) is 0 Å². The Balaban J connectivity index is 3.28. The van der Waals surface area contributed by atoms with Gasteiger partial charge in [-0.25, -0.2) is 0 Å². The van der Waals surface area contributed by atoms with Gasteiger partial charge in [0, 0.05) is 0 Å². The van der Waals surface area contributed by atoms with E-state index in [0.29, 0.717) is 0 Å². The maximum Gasteiger partial charge on any atom is 0.325 e. The molecule has 80 valence electrons. The van der Waals surface area contributed by atoms with E-state index >= 15 is 0 Å². The molecule has 0 radical (unpaired) electrons. The molecule has 0 spiro atoms. The first-order valence-corrected chi connectivity index (χ1v) is 4.43. The van der Waals surface area contributed by atoms with Crippen LogP contribution in [0, 0.1) is 6.92 Å². The molecular formula is C11H12O4. The van der Waals surface area contributed by atoms with Gasteiger partial charge in [0.1, 0.15) is 0 Å². The maximum absolute atomic E-state index is 11.0. The summed E-state index contributed by atoms with van der Waals surface area (Å²) in [5, 5.41) is 17.9. The van der Waals surface area contributed by atoms with Gasteiger partial charge in [-0.2, -0.15) is 0 Å². The van der Waals surface area contributed by atoms with Crippen LogP contribution in [-0.4, -0.2) is 22.2 Å². The molecule has 1 aromatic rings. The van der Waals surface area contributed by atoms with Crippen molar-refractivity contribution in [3.05, 3.63) is 35.4 Å². The first kappa shape index (κ1) is 11.2. The lowest BCUT2D eigenvalue weighted by Crippen LogP contribution is -2.40. The molecule has 4 heteroatoms. The fourth-order valence-corrected chi connectivity index (χ4v) is 1.23. The number of carboxylic acids is 2. The van der Waals surface area contributed by atoms with Crippen LogP contribution in [0.15, 0.2) is 24.3 Å². The van der Waals surface area contributed by atoms with Gasteiger partial charge in [0.15, 0.2) is 5.41 Å². The largest absolute Gasteiger partial charge is 0.480 e. The van der Waals surface area contributed by atoms with E-state index in [2.05, 4.69) is 0 Å². The molecule has 0 heterocycles. The third kappa shape index (κ3) is 1.83. The normalized spacial score (nSPS) is 11.1.